The number of fused-ring (bicyclic) bond motifs is 1. The van der Waals surface area contributed by atoms with E-state index in [0.29, 0.717) is 52.2 Å². The largest absolute Gasteiger partial charge is 0.457 e. The Hall–Kier alpha value is -4.43. The molecule has 1 N–H and O–H groups in total. The van der Waals surface area contributed by atoms with E-state index in [1.165, 1.54) is 6.08 Å². The van der Waals surface area contributed by atoms with Crippen molar-refractivity contribution in [2.45, 2.75) is 52.5 Å². The molecule has 2 aliphatic rings. The number of ether oxygens (including phenoxy) is 1. The second kappa shape index (κ2) is 13.3. The summed E-state index contributed by atoms with van der Waals surface area (Å²) in [6.07, 6.45) is 16.5. The highest BCUT2D eigenvalue weighted by atomic mass is 35.5. The average Bonchev–Trinajstić information content (AvgIpc) is 3.15. The minimum absolute atomic E-state index is 0.123. The Morgan fingerprint density at radius 1 is 1.21 bits per heavy atom. The molecule has 8 nitrogen and oxygen atoms in total. The first kappa shape index (κ1) is 30.0. The highest BCUT2D eigenvalue weighted by Gasteiger charge is 2.28. The van der Waals surface area contributed by atoms with E-state index in [1.807, 2.05) is 48.8 Å². The van der Waals surface area contributed by atoms with E-state index in [4.69, 9.17) is 21.3 Å². The topological polar surface area (TPSA) is 89.4 Å². The van der Waals surface area contributed by atoms with E-state index in [-0.39, 0.29) is 17.9 Å². The zero-order chi connectivity index (χ0) is 30.5. The molecule has 0 spiro atoms. The van der Waals surface area contributed by atoms with Crippen molar-refractivity contribution in [2.75, 3.05) is 18.4 Å². The van der Waals surface area contributed by atoms with Gasteiger partial charge in [-0.3, -0.25) is 19.9 Å². The summed E-state index contributed by atoms with van der Waals surface area (Å²) in [5.74, 6) is 1.14. The third kappa shape index (κ3) is 6.97. The number of nitrogens with one attached hydrogen (secondary N) is 1. The van der Waals surface area contributed by atoms with Crippen molar-refractivity contribution in [3.63, 3.8) is 0 Å². The Balaban J connectivity index is 1.58. The normalized spacial score (nSPS) is 21.6. The number of amides is 2. The molecule has 0 radical (unpaired) electrons. The number of hydrogen-bond acceptors (Lipinski definition) is 5. The lowest BCUT2D eigenvalue weighted by Gasteiger charge is -2.26. The number of carbonyl (C=O) groups excluding carboxylic acids is 2. The molecule has 3 heterocycles. The van der Waals surface area contributed by atoms with Crippen LogP contribution in [0, 0.1) is 6.92 Å². The summed E-state index contributed by atoms with van der Waals surface area (Å²) in [6, 6.07) is 6.83. The van der Waals surface area contributed by atoms with Crippen molar-refractivity contribution in [2.24, 2.45) is 0 Å². The van der Waals surface area contributed by atoms with Gasteiger partial charge in [0.1, 0.15) is 11.5 Å². The van der Waals surface area contributed by atoms with Crippen molar-refractivity contribution < 1.29 is 14.3 Å². The number of benzene rings is 1. The van der Waals surface area contributed by atoms with Gasteiger partial charge in [-0.05, 0) is 81.0 Å². The molecule has 0 bridgehead atoms. The lowest BCUT2D eigenvalue weighted by molar-refractivity contribution is -0.126. The summed E-state index contributed by atoms with van der Waals surface area (Å²) in [5, 5.41) is 3.44. The molecule has 2 aromatic heterocycles. The molecule has 3 aromatic rings. The number of likely N-dealkylation sites (tertiary alicyclic amines) is 1. The fraction of sp³-hybridized carbons (Fsp3) is 0.294. The van der Waals surface area contributed by atoms with Crippen molar-refractivity contribution in [3.05, 3.63) is 107 Å². The summed E-state index contributed by atoms with van der Waals surface area (Å²) in [4.78, 5) is 36.9. The smallest absolute Gasteiger partial charge is 0.258 e. The van der Waals surface area contributed by atoms with Gasteiger partial charge in [-0.1, -0.05) is 43.3 Å². The number of allylic oxidation sites excluding steroid dienone is 7. The summed E-state index contributed by atoms with van der Waals surface area (Å²) in [7, 11) is 0. The van der Waals surface area contributed by atoms with Crippen molar-refractivity contribution in [1.29, 1.82) is 0 Å². The van der Waals surface area contributed by atoms with Gasteiger partial charge >= 0.3 is 0 Å². The highest BCUT2D eigenvalue weighted by molar-refractivity contribution is 6.35. The van der Waals surface area contributed by atoms with Gasteiger partial charge in [0.15, 0.2) is 0 Å². The van der Waals surface area contributed by atoms with E-state index in [0.717, 1.165) is 42.5 Å². The Labute approximate surface area is 257 Å². The number of aromatic nitrogens is 3. The van der Waals surface area contributed by atoms with Crippen LogP contribution in [0.4, 0.5) is 5.95 Å². The van der Waals surface area contributed by atoms with Crippen molar-refractivity contribution >= 4 is 40.4 Å². The predicted octanol–water partition coefficient (Wildman–Crippen LogP) is 7.50. The Morgan fingerprint density at radius 2 is 2.05 bits per heavy atom. The number of carbonyl (C=O) groups is 2. The molecule has 1 aliphatic carbocycles. The summed E-state index contributed by atoms with van der Waals surface area (Å²) in [5.41, 5.74) is 4.64. The number of aryl methyl sites for hydroxylation is 1. The molecule has 0 saturated carbocycles. The van der Waals surface area contributed by atoms with Gasteiger partial charge in [-0.25, -0.2) is 4.98 Å². The van der Waals surface area contributed by atoms with E-state index in [2.05, 4.69) is 29.9 Å². The monoisotopic (exact) mass is 597 g/mol. The van der Waals surface area contributed by atoms with Crippen LogP contribution >= 0.6 is 11.6 Å². The molecule has 1 aromatic carbocycles. The summed E-state index contributed by atoms with van der Waals surface area (Å²) >= 11 is 6.99. The minimum Gasteiger partial charge on any atom is -0.457 e. The van der Waals surface area contributed by atoms with Gasteiger partial charge in [-0.2, -0.15) is 0 Å². The van der Waals surface area contributed by atoms with Gasteiger partial charge in [0.2, 0.25) is 11.9 Å². The number of hydrogen-bond donors (Lipinski definition) is 1. The number of nitrogens with zero attached hydrogens (tertiary/aromatic N) is 4. The molecule has 9 heteroatoms. The quantitative estimate of drug-likeness (QED) is 0.285. The molecule has 5 rings (SSSR count). The molecule has 222 valence electrons. The fourth-order valence-corrected chi connectivity index (χ4v) is 5.76. The van der Waals surface area contributed by atoms with Gasteiger partial charge in [-0.15, -0.1) is 0 Å². The third-order valence-corrected chi connectivity index (χ3v) is 7.89. The average molecular weight is 598 g/mol. The molecular formula is C34H36ClN5O3. The zero-order valence-corrected chi connectivity index (χ0v) is 25.5. The maximum absolute atomic E-state index is 13.4. The first-order chi connectivity index (χ1) is 20.7. The van der Waals surface area contributed by atoms with Crippen molar-refractivity contribution in [3.8, 4) is 5.75 Å². The Morgan fingerprint density at radius 3 is 2.81 bits per heavy atom. The SMILES string of the molecule is C=CC(=O)N1CCCC[C@@H](n2c(NC(=O)c3ccnc(C)c3)nc3cc(OC4=C/C(C)=C\C=C/C(CC)=C\4)cc(Cl)c32)C1. The number of halogens is 1. The first-order valence-electron chi connectivity index (χ1n) is 14.6. The molecule has 2 amide bonds. The van der Waals surface area contributed by atoms with E-state index in [1.54, 1.807) is 29.3 Å². The van der Waals surface area contributed by atoms with E-state index in [9.17, 15) is 9.59 Å². The van der Waals surface area contributed by atoms with Crippen LogP contribution < -0.4 is 10.1 Å². The Bertz CT molecular complexity index is 1700. The molecule has 1 atom stereocenters. The number of imidazole rings is 1. The van der Waals surface area contributed by atoms with Crippen molar-refractivity contribution in [1.82, 2.24) is 19.4 Å². The molecule has 1 fully saturated rings. The van der Waals surface area contributed by atoms with Crippen LogP contribution in [0.15, 0.2) is 90.4 Å². The highest BCUT2D eigenvalue weighted by Crippen LogP contribution is 2.37. The van der Waals surface area contributed by atoms with Crippen LogP contribution in [0.5, 0.6) is 5.75 Å². The summed E-state index contributed by atoms with van der Waals surface area (Å²) < 4.78 is 8.30. The van der Waals surface area contributed by atoms with E-state index >= 15 is 0 Å². The van der Waals surface area contributed by atoms with Crippen LogP contribution in [-0.4, -0.2) is 44.3 Å². The van der Waals surface area contributed by atoms with Crippen LogP contribution in [0.2, 0.25) is 5.02 Å². The second-order valence-corrected chi connectivity index (χ2v) is 11.3. The van der Waals surface area contributed by atoms with Crippen LogP contribution in [0.25, 0.3) is 11.0 Å². The van der Waals surface area contributed by atoms with Gasteiger partial charge in [0.25, 0.3) is 5.91 Å². The molecule has 43 heavy (non-hydrogen) atoms. The van der Waals surface area contributed by atoms with Gasteiger partial charge in [0.05, 0.1) is 22.1 Å². The van der Waals surface area contributed by atoms with Crippen LogP contribution in [-0.2, 0) is 4.79 Å². The van der Waals surface area contributed by atoms with E-state index < -0.39 is 0 Å². The predicted molar refractivity (Wildman–Crippen MR) is 171 cm³/mol. The number of rotatable bonds is 7. The molecule has 1 aliphatic heterocycles. The van der Waals surface area contributed by atoms with Gasteiger partial charge < -0.3 is 14.2 Å². The first-order valence-corrected chi connectivity index (χ1v) is 15.0. The molecule has 1 saturated heterocycles. The molecule has 0 unspecified atom stereocenters. The maximum Gasteiger partial charge on any atom is 0.258 e. The fourth-order valence-electron chi connectivity index (χ4n) is 5.46. The summed E-state index contributed by atoms with van der Waals surface area (Å²) in [6.45, 7) is 10.7. The minimum atomic E-state index is -0.311. The second-order valence-electron chi connectivity index (χ2n) is 10.8. The third-order valence-electron chi connectivity index (χ3n) is 7.61. The number of anilines is 1. The van der Waals surface area contributed by atoms with Gasteiger partial charge in [0, 0.05) is 42.7 Å². The van der Waals surface area contributed by atoms with Crippen LogP contribution in [0.1, 0.15) is 61.6 Å². The maximum atomic E-state index is 13.4. The lowest BCUT2D eigenvalue weighted by Crippen LogP contribution is -2.34. The zero-order valence-electron chi connectivity index (χ0n) is 24.8. The lowest BCUT2D eigenvalue weighted by atomic mass is 10.1. The standard InChI is InChI=1S/C34H36ClN5O3/c1-5-24-11-9-10-22(3)16-27(18-24)43-28-19-29(35)32-30(20-28)37-34(38-33(42)25-13-14-36-23(4)17-25)40(32)26-12-7-8-15-39(21-26)31(41)6-2/h6,9-11,13-14,16-20,26H,2,5,7-8,12,15,21H2,1,3-4H3,(H,37,38,42)/b10-9?,11-9-,22-10-,22-16?,24-11?,24-18-,27-16+,27-18?/t26-/m1/s1. The van der Waals surface area contributed by atoms with Crippen LogP contribution in [0.3, 0.4) is 0 Å². The Kier molecular flexibility index (Phi) is 9.26. The number of pyridine rings is 1. The molecular weight excluding hydrogens is 562 g/mol.